The first-order valence-corrected chi connectivity index (χ1v) is 7.26. The van der Waals surface area contributed by atoms with Gasteiger partial charge in [0.2, 0.25) is 0 Å². The molecular weight excluding hydrogens is 280 g/mol. The molecule has 2 heterocycles. The standard InChI is InChI=1S/C16H18N4O2/c1-11(2)20-10-13(9-17-20)18-16(21)14-8-15(22-19-14)12-6-4-3-5-7-12/h3-7,9-11,15H,8H2,1-2H3,(H,18,21). The van der Waals surface area contributed by atoms with Crippen LogP contribution in [0.15, 0.2) is 47.9 Å². The highest BCUT2D eigenvalue weighted by Gasteiger charge is 2.27. The fourth-order valence-electron chi connectivity index (χ4n) is 2.25. The van der Waals surface area contributed by atoms with Gasteiger partial charge >= 0.3 is 0 Å². The van der Waals surface area contributed by atoms with Crippen LogP contribution in [0.25, 0.3) is 0 Å². The minimum absolute atomic E-state index is 0.194. The number of oxime groups is 1. The topological polar surface area (TPSA) is 68.5 Å². The van der Waals surface area contributed by atoms with Crippen molar-refractivity contribution in [3.8, 4) is 0 Å². The van der Waals surface area contributed by atoms with Crippen LogP contribution >= 0.6 is 0 Å². The summed E-state index contributed by atoms with van der Waals surface area (Å²) in [5, 5.41) is 10.9. The lowest BCUT2D eigenvalue weighted by Gasteiger charge is -2.07. The highest BCUT2D eigenvalue weighted by Crippen LogP contribution is 2.27. The van der Waals surface area contributed by atoms with Crippen molar-refractivity contribution in [1.29, 1.82) is 0 Å². The summed E-state index contributed by atoms with van der Waals surface area (Å²) < 4.78 is 1.79. The van der Waals surface area contributed by atoms with Crippen molar-refractivity contribution in [1.82, 2.24) is 9.78 Å². The zero-order valence-corrected chi connectivity index (χ0v) is 12.6. The van der Waals surface area contributed by atoms with E-state index in [1.807, 2.05) is 44.2 Å². The van der Waals surface area contributed by atoms with Crippen molar-refractivity contribution in [2.45, 2.75) is 32.4 Å². The molecule has 1 unspecified atom stereocenters. The Hall–Kier alpha value is -2.63. The number of hydrogen-bond donors (Lipinski definition) is 1. The predicted octanol–water partition coefficient (Wildman–Crippen LogP) is 2.92. The monoisotopic (exact) mass is 298 g/mol. The molecule has 0 bridgehead atoms. The Morgan fingerprint density at radius 3 is 2.82 bits per heavy atom. The molecule has 2 aromatic rings. The average molecular weight is 298 g/mol. The molecule has 1 aliphatic rings. The number of rotatable bonds is 4. The zero-order chi connectivity index (χ0) is 15.5. The van der Waals surface area contributed by atoms with Crippen LogP contribution in [0, 0.1) is 0 Å². The molecule has 0 aliphatic carbocycles. The number of nitrogens with one attached hydrogen (secondary N) is 1. The molecule has 1 aromatic heterocycles. The van der Waals surface area contributed by atoms with E-state index in [-0.39, 0.29) is 18.1 Å². The number of benzene rings is 1. The van der Waals surface area contributed by atoms with Gasteiger partial charge in [-0.3, -0.25) is 9.48 Å². The summed E-state index contributed by atoms with van der Waals surface area (Å²) in [5.41, 5.74) is 2.07. The van der Waals surface area contributed by atoms with Gasteiger partial charge < -0.3 is 10.2 Å². The Bertz CT molecular complexity index is 691. The van der Waals surface area contributed by atoms with Crippen molar-refractivity contribution in [2.24, 2.45) is 5.16 Å². The summed E-state index contributed by atoms with van der Waals surface area (Å²) in [5.74, 6) is -0.248. The van der Waals surface area contributed by atoms with Crippen LogP contribution in [0.1, 0.15) is 38.0 Å². The van der Waals surface area contributed by atoms with Crippen LogP contribution in [0.3, 0.4) is 0 Å². The van der Waals surface area contributed by atoms with E-state index in [0.29, 0.717) is 17.8 Å². The molecule has 0 radical (unpaired) electrons. The minimum Gasteiger partial charge on any atom is -0.387 e. The summed E-state index contributed by atoms with van der Waals surface area (Å²) in [6.07, 6.45) is 3.70. The van der Waals surface area contributed by atoms with Crippen molar-refractivity contribution < 1.29 is 9.63 Å². The molecule has 22 heavy (non-hydrogen) atoms. The summed E-state index contributed by atoms with van der Waals surface area (Å²) >= 11 is 0. The molecule has 1 atom stereocenters. The van der Waals surface area contributed by atoms with E-state index in [2.05, 4.69) is 15.6 Å². The second kappa shape index (κ2) is 6.01. The normalized spacial score (nSPS) is 17.2. The quantitative estimate of drug-likeness (QED) is 0.943. The lowest BCUT2D eigenvalue weighted by molar-refractivity contribution is -0.110. The Kier molecular flexibility index (Phi) is 3.91. The summed E-state index contributed by atoms with van der Waals surface area (Å²) in [6.45, 7) is 4.05. The maximum Gasteiger partial charge on any atom is 0.273 e. The molecular formula is C16H18N4O2. The van der Waals surface area contributed by atoms with Crippen molar-refractivity contribution in [3.05, 3.63) is 48.3 Å². The SMILES string of the molecule is CC(C)n1cc(NC(=O)C2=NOC(c3ccccc3)C2)cn1. The van der Waals surface area contributed by atoms with Crippen LogP contribution < -0.4 is 5.32 Å². The minimum atomic E-state index is -0.248. The predicted molar refractivity (Wildman–Crippen MR) is 83.6 cm³/mol. The average Bonchev–Trinajstić information content (AvgIpc) is 3.17. The summed E-state index contributed by atoms with van der Waals surface area (Å²) in [4.78, 5) is 17.6. The van der Waals surface area contributed by atoms with E-state index in [1.54, 1.807) is 17.1 Å². The number of nitrogens with zero attached hydrogens (tertiary/aromatic N) is 3. The van der Waals surface area contributed by atoms with Gasteiger partial charge in [-0.2, -0.15) is 5.10 Å². The third kappa shape index (κ3) is 3.00. The molecule has 0 fully saturated rings. The Morgan fingerprint density at radius 2 is 2.14 bits per heavy atom. The number of carbonyl (C=O) groups excluding carboxylic acids is 1. The largest absolute Gasteiger partial charge is 0.387 e. The van der Waals surface area contributed by atoms with Gasteiger partial charge in [-0.25, -0.2) is 0 Å². The first kappa shape index (κ1) is 14.3. The molecule has 0 spiro atoms. The van der Waals surface area contributed by atoms with Gasteiger partial charge in [0.1, 0.15) is 5.71 Å². The van der Waals surface area contributed by atoms with E-state index >= 15 is 0 Å². The lowest BCUT2D eigenvalue weighted by atomic mass is 10.0. The molecule has 1 N–H and O–H groups in total. The third-order valence-electron chi connectivity index (χ3n) is 3.49. The van der Waals surface area contributed by atoms with Crippen molar-refractivity contribution in [3.63, 3.8) is 0 Å². The van der Waals surface area contributed by atoms with E-state index in [9.17, 15) is 4.79 Å². The Morgan fingerprint density at radius 1 is 1.36 bits per heavy atom. The van der Waals surface area contributed by atoms with Crippen molar-refractivity contribution >= 4 is 17.3 Å². The highest BCUT2D eigenvalue weighted by atomic mass is 16.6. The molecule has 6 nitrogen and oxygen atoms in total. The Balaban J connectivity index is 1.61. The van der Waals surface area contributed by atoms with Gasteiger partial charge in [-0.05, 0) is 19.4 Å². The molecule has 1 amide bonds. The van der Waals surface area contributed by atoms with E-state index in [1.165, 1.54) is 0 Å². The third-order valence-corrected chi connectivity index (χ3v) is 3.49. The smallest absolute Gasteiger partial charge is 0.273 e. The van der Waals surface area contributed by atoms with Gasteiger partial charge in [-0.15, -0.1) is 0 Å². The fraction of sp³-hybridized carbons (Fsp3) is 0.312. The maximum absolute atomic E-state index is 12.2. The van der Waals surface area contributed by atoms with E-state index < -0.39 is 0 Å². The fourth-order valence-corrected chi connectivity index (χ4v) is 2.25. The van der Waals surface area contributed by atoms with Crippen LogP contribution in [0.2, 0.25) is 0 Å². The van der Waals surface area contributed by atoms with E-state index in [4.69, 9.17) is 4.84 Å². The van der Waals surface area contributed by atoms with Gasteiger partial charge in [0.05, 0.1) is 11.9 Å². The lowest BCUT2D eigenvalue weighted by Crippen LogP contribution is -2.21. The number of aromatic nitrogens is 2. The molecule has 3 rings (SSSR count). The van der Waals surface area contributed by atoms with Crippen molar-refractivity contribution in [2.75, 3.05) is 5.32 Å². The number of amides is 1. The van der Waals surface area contributed by atoms with Crippen LogP contribution in [-0.4, -0.2) is 21.4 Å². The number of anilines is 1. The number of hydrogen-bond acceptors (Lipinski definition) is 4. The molecule has 0 saturated carbocycles. The first-order chi connectivity index (χ1) is 10.6. The summed E-state index contributed by atoms with van der Waals surface area (Å²) in [6, 6.07) is 10.0. The van der Waals surface area contributed by atoms with Crippen LogP contribution in [-0.2, 0) is 9.63 Å². The Labute approximate surface area is 128 Å². The molecule has 114 valence electrons. The summed E-state index contributed by atoms with van der Waals surface area (Å²) in [7, 11) is 0. The highest BCUT2D eigenvalue weighted by molar-refractivity contribution is 6.43. The first-order valence-electron chi connectivity index (χ1n) is 7.26. The van der Waals surface area contributed by atoms with E-state index in [0.717, 1.165) is 5.56 Å². The van der Waals surface area contributed by atoms with Crippen LogP contribution in [0.4, 0.5) is 5.69 Å². The molecule has 1 aliphatic heterocycles. The molecule has 6 heteroatoms. The molecule has 0 saturated heterocycles. The second-order valence-electron chi connectivity index (χ2n) is 5.50. The van der Waals surface area contributed by atoms with Gasteiger partial charge in [0.25, 0.3) is 5.91 Å². The second-order valence-corrected chi connectivity index (χ2v) is 5.50. The molecule has 1 aromatic carbocycles. The number of carbonyl (C=O) groups is 1. The zero-order valence-electron chi connectivity index (χ0n) is 12.6. The maximum atomic E-state index is 12.2. The van der Waals surface area contributed by atoms with Gasteiger partial charge in [-0.1, -0.05) is 35.5 Å². The van der Waals surface area contributed by atoms with Gasteiger partial charge in [0, 0.05) is 18.7 Å². The van der Waals surface area contributed by atoms with Gasteiger partial charge in [0.15, 0.2) is 6.10 Å². The van der Waals surface area contributed by atoms with Crippen LogP contribution in [0.5, 0.6) is 0 Å².